The van der Waals surface area contributed by atoms with Crippen LogP contribution in [0.15, 0.2) is 47.4 Å². The first-order valence-corrected chi connectivity index (χ1v) is 10.8. The molecule has 0 bridgehead atoms. The van der Waals surface area contributed by atoms with Crippen molar-refractivity contribution in [3.8, 4) is 5.75 Å². The fourth-order valence-corrected chi connectivity index (χ4v) is 5.24. The molecule has 1 atom stereocenters. The van der Waals surface area contributed by atoms with Gasteiger partial charge in [-0.25, -0.2) is 8.42 Å². The summed E-state index contributed by atoms with van der Waals surface area (Å²) in [6.07, 6.45) is 1.22. The summed E-state index contributed by atoms with van der Waals surface area (Å²) in [7, 11) is -2.33. The Morgan fingerprint density at radius 3 is 2.71 bits per heavy atom. The van der Waals surface area contributed by atoms with Gasteiger partial charge in [0, 0.05) is 13.1 Å². The van der Waals surface area contributed by atoms with Crippen molar-refractivity contribution in [2.24, 2.45) is 5.92 Å². The minimum atomic E-state index is -3.77. The van der Waals surface area contributed by atoms with Crippen LogP contribution < -0.4 is 10.1 Å². The molecule has 1 N–H and O–H groups in total. The second-order valence-corrected chi connectivity index (χ2v) is 9.14. The van der Waals surface area contributed by atoms with Gasteiger partial charge in [-0.2, -0.15) is 4.31 Å². The third kappa shape index (κ3) is 4.32. The average Bonchev–Trinajstić information content (AvgIpc) is 2.69. The lowest BCUT2D eigenvalue weighted by molar-refractivity contribution is -0.120. The monoisotopic (exact) mass is 422 g/mol. The maximum atomic E-state index is 13.2. The molecule has 0 spiro atoms. The average molecular weight is 423 g/mol. The second kappa shape index (κ2) is 8.51. The molecule has 0 saturated carbocycles. The molecule has 0 radical (unpaired) electrons. The summed E-state index contributed by atoms with van der Waals surface area (Å²) < 4.78 is 33.0. The topological polar surface area (TPSA) is 75.7 Å². The summed E-state index contributed by atoms with van der Waals surface area (Å²) >= 11 is 6.10. The van der Waals surface area contributed by atoms with Crippen LogP contribution in [0.4, 0.5) is 5.69 Å². The molecule has 6 nitrogen and oxygen atoms in total. The molecule has 3 rings (SSSR count). The van der Waals surface area contributed by atoms with Gasteiger partial charge in [-0.05, 0) is 49.6 Å². The van der Waals surface area contributed by atoms with Crippen molar-refractivity contribution in [3.63, 3.8) is 0 Å². The number of aryl methyl sites for hydroxylation is 1. The number of rotatable bonds is 5. The SMILES string of the molecule is COc1ccc(C)cc1S(=O)(=O)N1CCCC(C(=O)Nc2ccccc2Cl)C1. The molecule has 1 aliphatic heterocycles. The van der Waals surface area contributed by atoms with Crippen LogP contribution in [0, 0.1) is 12.8 Å². The molecule has 8 heteroatoms. The molecule has 28 heavy (non-hydrogen) atoms. The van der Waals surface area contributed by atoms with E-state index < -0.39 is 15.9 Å². The fraction of sp³-hybridized carbons (Fsp3) is 0.350. The molecular weight excluding hydrogens is 400 g/mol. The van der Waals surface area contributed by atoms with Gasteiger partial charge < -0.3 is 10.1 Å². The second-order valence-electron chi connectivity index (χ2n) is 6.83. The summed E-state index contributed by atoms with van der Waals surface area (Å²) in [6.45, 7) is 2.32. The number of nitrogens with one attached hydrogen (secondary N) is 1. The number of methoxy groups -OCH3 is 1. The molecule has 2 aromatic carbocycles. The molecule has 1 fully saturated rings. The lowest BCUT2D eigenvalue weighted by Crippen LogP contribution is -2.43. The third-order valence-corrected chi connectivity index (χ3v) is 7.04. The zero-order valence-electron chi connectivity index (χ0n) is 15.8. The number of piperidine rings is 1. The highest BCUT2D eigenvalue weighted by molar-refractivity contribution is 7.89. The van der Waals surface area contributed by atoms with Gasteiger partial charge in [0.1, 0.15) is 10.6 Å². The van der Waals surface area contributed by atoms with E-state index in [4.69, 9.17) is 16.3 Å². The molecule has 0 aliphatic carbocycles. The summed E-state index contributed by atoms with van der Waals surface area (Å²) in [4.78, 5) is 12.8. The van der Waals surface area contributed by atoms with E-state index in [1.54, 1.807) is 42.5 Å². The molecular formula is C20H23ClN2O4S. The Labute approximate surface area is 170 Å². The molecule has 0 aromatic heterocycles. The molecule has 1 amide bonds. The molecule has 1 saturated heterocycles. The van der Waals surface area contributed by atoms with E-state index in [9.17, 15) is 13.2 Å². The summed E-state index contributed by atoms with van der Waals surface area (Å²) in [5.74, 6) is -0.381. The van der Waals surface area contributed by atoms with Gasteiger partial charge in [-0.3, -0.25) is 4.79 Å². The molecule has 1 aliphatic rings. The van der Waals surface area contributed by atoms with Crippen molar-refractivity contribution in [3.05, 3.63) is 53.1 Å². The van der Waals surface area contributed by atoms with E-state index in [1.165, 1.54) is 11.4 Å². The fourth-order valence-electron chi connectivity index (χ4n) is 3.30. The number of sulfonamides is 1. The van der Waals surface area contributed by atoms with Gasteiger partial charge in [0.25, 0.3) is 0 Å². The lowest BCUT2D eigenvalue weighted by Gasteiger charge is -2.31. The highest BCUT2D eigenvalue weighted by Gasteiger charge is 2.35. The van der Waals surface area contributed by atoms with Gasteiger partial charge in [-0.1, -0.05) is 29.8 Å². The van der Waals surface area contributed by atoms with Gasteiger partial charge >= 0.3 is 0 Å². The Bertz CT molecular complexity index is 978. The summed E-state index contributed by atoms with van der Waals surface area (Å²) in [5.41, 5.74) is 1.35. The number of para-hydroxylation sites is 1. The quantitative estimate of drug-likeness (QED) is 0.797. The van der Waals surface area contributed by atoms with Crippen LogP contribution in [0.3, 0.4) is 0 Å². The lowest BCUT2D eigenvalue weighted by atomic mass is 9.99. The first-order chi connectivity index (χ1) is 13.3. The van der Waals surface area contributed by atoms with Crippen LogP contribution >= 0.6 is 11.6 Å². The molecule has 1 unspecified atom stereocenters. The van der Waals surface area contributed by atoms with E-state index in [-0.39, 0.29) is 17.3 Å². The Balaban J connectivity index is 1.80. The van der Waals surface area contributed by atoms with Crippen molar-refractivity contribution >= 4 is 33.2 Å². The van der Waals surface area contributed by atoms with Crippen LogP contribution in [0.5, 0.6) is 5.75 Å². The highest BCUT2D eigenvalue weighted by atomic mass is 35.5. The number of anilines is 1. The number of halogens is 1. The molecule has 150 valence electrons. The van der Waals surface area contributed by atoms with E-state index in [0.717, 1.165) is 5.56 Å². The van der Waals surface area contributed by atoms with E-state index in [0.29, 0.717) is 35.8 Å². The van der Waals surface area contributed by atoms with Gasteiger partial charge in [0.2, 0.25) is 15.9 Å². The number of nitrogens with zero attached hydrogens (tertiary/aromatic N) is 1. The smallest absolute Gasteiger partial charge is 0.246 e. The first kappa shape index (κ1) is 20.6. The Hall–Kier alpha value is -2.09. The number of amides is 1. The maximum absolute atomic E-state index is 13.2. The van der Waals surface area contributed by atoms with Crippen molar-refractivity contribution in [1.29, 1.82) is 0 Å². The van der Waals surface area contributed by atoms with E-state index >= 15 is 0 Å². The number of benzene rings is 2. The Kier molecular flexibility index (Phi) is 6.27. The summed E-state index contributed by atoms with van der Waals surface area (Å²) in [6, 6.07) is 12.0. The van der Waals surface area contributed by atoms with Crippen LogP contribution in [0.1, 0.15) is 18.4 Å². The number of hydrogen-bond donors (Lipinski definition) is 1. The normalized spacial score (nSPS) is 17.9. The van der Waals surface area contributed by atoms with E-state index in [2.05, 4.69) is 5.32 Å². The van der Waals surface area contributed by atoms with Crippen LogP contribution in [0.25, 0.3) is 0 Å². The largest absolute Gasteiger partial charge is 0.495 e. The van der Waals surface area contributed by atoms with Crippen molar-refractivity contribution < 1.29 is 17.9 Å². The Morgan fingerprint density at radius 2 is 2.00 bits per heavy atom. The van der Waals surface area contributed by atoms with Gasteiger partial charge in [0.05, 0.1) is 23.7 Å². The van der Waals surface area contributed by atoms with Crippen molar-refractivity contribution in [1.82, 2.24) is 4.31 Å². The van der Waals surface area contributed by atoms with Crippen LogP contribution in [0.2, 0.25) is 5.02 Å². The maximum Gasteiger partial charge on any atom is 0.246 e. The first-order valence-electron chi connectivity index (χ1n) is 9.03. The number of carbonyl (C=O) groups is 1. The van der Waals surface area contributed by atoms with Crippen LogP contribution in [-0.4, -0.2) is 38.8 Å². The van der Waals surface area contributed by atoms with E-state index in [1.807, 2.05) is 6.92 Å². The number of hydrogen-bond acceptors (Lipinski definition) is 4. The zero-order valence-corrected chi connectivity index (χ0v) is 17.4. The standard InChI is InChI=1S/C20H23ClN2O4S/c1-14-9-10-18(27-2)19(12-14)28(25,26)23-11-5-6-15(13-23)20(24)22-17-8-4-3-7-16(17)21/h3-4,7-10,12,15H,5-6,11,13H2,1-2H3,(H,22,24). The van der Waals surface area contributed by atoms with Gasteiger partial charge in [0.15, 0.2) is 0 Å². The summed E-state index contributed by atoms with van der Waals surface area (Å²) in [5, 5.41) is 3.25. The molecule has 1 heterocycles. The van der Waals surface area contributed by atoms with Crippen molar-refractivity contribution in [2.75, 3.05) is 25.5 Å². The predicted octanol–water partition coefficient (Wildman–Crippen LogP) is 3.70. The van der Waals surface area contributed by atoms with Crippen molar-refractivity contribution in [2.45, 2.75) is 24.7 Å². The Morgan fingerprint density at radius 1 is 1.25 bits per heavy atom. The van der Waals surface area contributed by atoms with Crippen LogP contribution in [-0.2, 0) is 14.8 Å². The minimum absolute atomic E-state index is 0.121. The third-order valence-electron chi connectivity index (χ3n) is 4.82. The predicted molar refractivity (Wildman–Crippen MR) is 109 cm³/mol. The number of carbonyl (C=O) groups excluding carboxylic acids is 1. The van der Waals surface area contributed by atoms with Gasteiger partial charge in [-0.15, -0.1) is 0 Å². The zero-order chi connectivity index (χ0) is 20.3. The number of ether oxygens (including phenoxy) is 1. The highest BCUT2D eigenvalue weighted by Crippen LogP contribution is 2.31. The molecule has 2 aromatic rings. The minimum Gasteiger partial charge on any atom is -0.495 e.